The molecule has 0 saturated carbocycles. The zero-order valence-corrected chi connectivity index (χ0v) is 10.9. The molecule has 1 unspecified atom stereocenters. The average Bonchev–Trinajstić information content (AvgIpc) is 2.17. The third kappa shape index (κ3) is 3.17. The summed E-state index contributed by atoms with van der Waals surface area (Å²) < 4.78 is 0. The normalized spacial score (nSPS) is 12.2. The van der Waals surface area contributed by atoms with Gasteiger partial charge in [-0.15, -0.1) is 0 Å². The molecule has 1 atom stereocenters. The molecule has 0 fully saturated rings. The van der Waals surface area contributed by atoms with Crippen LogP contribution in [0.25, 0.3) is 0 Å². The van der Waals surface area contributed by atoms with E-state index in [4.69, 9.17) is 18.0 Å². The summed E-state index contributed by atoms with van der Waals surface area (Å²) in [5, 5.41) is 3.35. The van der Waals surface area contributed by atoms with Crippen LogP contribution in [0.1, 0.15) is 37.8 Å². The Bertz CT molecular complexity index is 377. The van der Waals surface area contributed by atoms with E-state index in [2.05, 4.69) is 24.1 Å². The van der Waals surface area contributed by atoms with E-state index in [9.17, 15) is 0 Å². The topological polar surface area (TPSA) is 50.9 Å². The zero-order valence-electron chi connectivity index (χ0n) is 10.1. The van der Waals surface area contributed by atoms with Crippen molar-refractivity contribution in [2.45, 2.75) is 39.7 Å². The fourth-order valence-electron chi connectivity index (χ4n) is 1.72. The van der Waals surface area contributed by atoms with E-state index in [1.807, 2.05) is 13.0 Å². The molecule has 0 aliphatic rings. The van der Waals surface area contributed by atoms with E-state index in [0.717, 1.165) is 29.8 Å². The second-order valence-electron chi connectivity index (χ2n) is 4.05. The highest BCUT2D eigenvalue weighted by Crippen LogP contribution is 2.18. The first-order valence-electron chi connectivity index (χ1n) is 5.58. The predicted octanol–water partition coefficient (Wildman–Crippen LogP) is 2.62. The van der Waals surface area contributed by atoms with Gasteiger partial charge in [-0.2, -0.15) is 0 Å². The predicted molar refractivity (Wildman–Crippen MR) is 72.9 cm³/mol. The Morgan fingerprint density at radius 1 is 1.62 bits per heavy atom. The van der Waals surface area contributed by atoms with Crippen LogP contribution in [0, 0.1) is 6.92 Å². The summed E-state index contributed by atoms with van der Waals surface area (Å²) >= 11 is 5.05. The minimum absolute atomic E-state index is 0.382. The van der Waals surface area contributed by atoms with E-state index in [-0.39, 0.29) is 0 Å². The summed E-state index contributed by atoms with van der Waals surface area (Å²) in [4.78, 5) is 4.70. The van der Waals surface area contributed by atoms with E-state index in [0.29, 0.717) is 11.0 Å². The number of anilines is 1. The number of rotatable bonds is 5. The molecule has 0 amide bonds. The molecule has 0 bridgehead atoms. The highest BCUT2D eigenvalue weighted by molar-refractivity contribution is 7.80. The van der Waals surface area contributed by atoms with Crippen LogP contribution in [0.5, 0.6) is 0 Å². The number of pyridine rings is 1. The molecule has 88 valence electrons. The molecule has 16 heavy (non-hydrogen) atoms. The lowest BCUT2D eigenvalue weighted by molar-refractivity contribution is 0.687. The molecule has 1 rings (SSSR count). The van der Waals surface area contributed by atoms with Gasteiger partial charge in [0.1, 0.15) is 10.8 Å². The molecule has 0 aliphatic heterocycles. The Balaban J connectivity index is 2.95. The summed E-state index contributed by atoms with van der Waals surface area (Å²) in [6, 6.07) is 2.30. The second kappa shape index (κ2) is 5.80. The van der Waals surface area contributed by atoms with Gasteiger partial charge in [0.15, 0.2) is 0 Å². The third-order valence-electron chi connectivity index (χ3n) is 2.51. The maximum absolute atomic E-state index is 5.72. The smallest absolute Gasteiger partial charge is 0.136 e. The fourth-order valence-corrected chi connectivity index (χ4v) is 1.97. The monoisotopic (exact) mass is 237 g/mol. The lowest BCUT2D eigenvalue weighted by Crippen LogP contribution is -2.21. The van der Waals surface area contributed by atoms with Gasteiger partial charge < -0.3 is 11.1 Å². The van der Waals surface area contributed by atoms with E-state index in [1.54, 1.807) is 6.20 Å². The Kier molecular flexibility index (Phi) is 4.68. The Morgan fingerprint density at radius 2 is 2.31 bits per heavy atom. The quantitative estimate of drug-likeness (QED) is 0.773. The van der Waals surface area contributed by atoms with Crippen LogP contribution in [0.3, 0.4) is 0 Å². The van der Waals surface area contributed by atoms with Gasteiger partial charge in [0.25, 0.3) is 0 Å². The van der Waals surface area contributed by atoms with Crippen molar-refractivity contribution in [3.05, 3.63) is 23.4 Å². The van der Waals surface area contributed by atoms with Crippen molar-refractivity contribution in [1.29, 1.82) is 0 Å². The number of hydrogen-bond donors (Lipinski definition) is 2. The van der Waals surface area contributed by atoms with Gasteiger partial charge in [-0.05, 0) is 31.9 Å². The standard InChI is InChI=1S/C12H19N3S/c1-4-5-9(3)15-12-10(11(13)16)8(2)6-7-14-12/h6-7,9H,4-5H2,1-3H3,(H2,13,16)(H,14,15). The van der Waals surface area contributed by atoms with E-state index >= 15 is 0 Å². The van der Waals surface area contributed by atoms with Gasteiger partial charge in [-0.1, -0.05) is 25.6 Å². The molecular weight excluding hydrogens is 218 g/mol. The second-order valence-corrected chi connectivity index (χ2v) is 4.49. The first-order valence-corrected chi connectivity index (χ1v) is 5.99. The Morgan fingerprint density at radius 3 is 2.88 bits per heavy atom. The number of hydrogen-bond acceptors (Lipinski definition) is 3. The number of nitrogens with one attached hydrogen (secondary N) is 1. The molecule has 0 radical (unpaired) electrons. The molecular formula is C12H19N3S. The minimum Gasteiger partial charge on any atom is -0.389 e. The molecule has 0 saturated heterocycles. The van der Waals surface area contributed by atoms with E-state index in [1.165, 1.54) is 0 Å². The molecule has 1 heterocycles. The molecule has 1 aromatic heterocycles. The summed E-state index contributed by atoms with van der Waals surface area (Å²) in [6.45, 7) is 6.29. The van der Waals surface area contributed by atoms with Crippen molar-refractivity contribution in [1.82, 2.24) is 4.98 Å². The average molecular weight is 237 g/mol. The largest absolute Gasteiger partial charge is 0.389 e. The molecule has 0 aliphatic carbocycles. The zero-order chi connectivity index (χ0) is 12.1. The van der Waals surface area contributed by atoms with Gasteiger partial charge in [0.05, 0.1) is 5.56 Å². The van der Waals surface area contributed by atoms with Gasteiger partial charge in [-0.25, -0.2) is 4.98 Å². The molecule has 4 heteroatoms. The van der Waals surface area contributed by atoms with Crippen LogP contribution < -0.4 is 11.1 Å². The van der Waals surface area contributed by atoms with Gasteiger partial charge in [0.2, 0.25) is 0 Å². The third-order valence-corrected chi connectivity index (χ3v) is 2.71. The minimum atomic E-state index is 0.382. The Labute approximate surface area is 102 Å². The maximum Gasteiger partial charge on any atom is 0.136 e. The number of nitrogens with zero attached hydrogens (tertiary/aromatic N) is 1. The van der Waals surface area contributed by atoms with Crippen LogP contribution in [-0.4, -0.2) is 16.0 Å². The van der Waals surface area contributed by atoms with Crippen molar-refractivity contribution >= 4 is 23.0 Å². The van der Waals surface area contributed by atoms with Crippen molar-refractivity contribution < 1.29 is 0 Å². The summed E-state index contributed by atoms with van der Waals surface area (Å²) in [5.74, 6) is 0.799. The Hall–Kier alpha value is -1.16. The van der Waals surface area contributed by atoms with Crippen LogP contribution in [-0.2, 0) is 0 Å². The van der Waals surface area contributed by atoms with Crippen molar-refractivity contribution in [2.24, 2.45) is 5.73 Å². The highest BCUT2D eigenvalue weighted by Gasteiger charge is 2.11. The van der Waals surface area contributed by atoms with Crippen LogP contribution in [0.4, 0.5) is 5.82 Å². The molecule has 0 aromatic carbocycles. The summed E-state index contributed by atoms with van der Waals surface area (Å²) in [5.41, 5.74) is 7.64. The number of aromatic nitrogens is 1. The fraction of sp³-hybridized carbons (Fsp3) is 0.500. The summed E-state index contributed by atoms with van der Waals surface area (Å²) in [6.07, 6.45) is 4.02. The summed E-state index contributed by atoms with van der Waals surface area (Å²) in [7, 11) is 0. The van der Waals surface area contributed by atoms with Crippen molar-refractivity contribution in [3.8, 4) is 0 Å². The maximum atomic E-state index is 5.72. The number of thiocarbonyl (C=S) groups is 1. The molecule has 1 aromatic rings. The van der Waals surface area contributed by atoms with Gasteiger partial charge in [0, 0.05) is 12.2 Å². The molecule has 3 N–H and O–H groups in total. The number of nitrogens with two attached hydrogens (primary N) is 1. The van der Waals surface area contributed by atoms with Crippen LogP contribution >= 0.6 is 12.2 Å². The lowest BCUT2D eigenvalue weighted by Gasteiger charge is -2.17. The van der Waals surface area contributed by atoms with E-state index < -0.39 is 0 Å². The molecule has 3 nitrogen and oxygen atoms in total. The highest BCUT2D eigenvalue weighted by atomic mass is 32.1. The van der Waals surface area contributed by atoms with Crippen molar-refractivity contribution in [2.75, 3.05) is 5.32 Å². The van der Waals surface area contributed by atoms with Crippen LogP contribution in [0.15, 0.2) is 12.3 Å². The van der Waals surface area contributed by atoms with Gasteiger partial charge in [-0.3, -0.25) is 0 Å². The lowest BCUT2D eigenvalue weighted by atomic mass is 10.1. The SMILES string of the molecule is CCCC(C)Nc1nccc(C)c1C(N)=S. The van der Waals surface area contributed by atoms with Gasteiger partial charge >= 0.3 is 0 Å². The van der Waals surface area contributed by atoms with Crippen molar-refractivity contribution in [3.63, 3.8) is 0 Å². The first kappa shape index (κ1) is 12.9. The van der Waals surface area contributed by atoms with Crippen LogP contribution in [0.2, 0.25) is 0 Å². The first-order chi connectivity index (χ1) is 7.56. The number of aryl methyl sites for hydroxylation is 1. The molecule has 0 spiro atoms.